The van der Waals surface area contributed by atoms with Crippen LogP contribution < -0.4 is 10.6 Å². The van der Waals surface area contributed by atoms with Crippen molar-refractivity contribution < 1.29 is 18.4 Å². The predicted octanol–water partition coefficient (Wildman–Crippen LogP) is 8.43. The van der Waals surface area contributed by atoms with Crippen LogP contribution >= 0.6 is 31.4 Å². The third kappa shape index (κ3) is 6.45. The van der Waals surface area contributed by atoms with E-state index >= 15 is 0 Å². The Bertz CT molecular complexity index is 1310. The van der Waals surface area contributed by atoms with Crippen LogP contribution in [0.4, 0.5) is 0 Å². The minimum absolute atomic E-state index is 0.0893. The number of hydrogen-bond acceptors (Lipinski definition) is 5. The molecule has 0 saturated heterocycles. The van der Waals surface area contributed by atoms with Gasteiger partial charge in [-0.2, -0.15) is 0 Å². The lowest BCUT2D eigenvalue weighted by molar-refractivity contribution is -0.137. The molecule has 1 amide bonds. The summed E-state index contributed by atoms with van der Waals surface area (Å²) in [6, 6.07) is 13.9. The molecule has 0 bridgehead atoms. The molecule has 224 valence electrons. The van der Waals surface area contributed by atoms with Crippen LogP contribution in [0.15, 0.2) is 42.5 Å². The fraction of sp³-hybridized carbons (Fsp3) is 0.562. The number of halogens is 1. The lowest BCUT2D eigenvalue weighted by Crippen LogP contribution is -2.57. The van der Waals surface area contributed by atoms with Crippen LogP contribution in [-0.2, 0) is 30.2 Å². The van der Waals surface area contributed by atoms with Gasteiger partial charge in [-0.1, -0.05) is 76.0 Å². The number of rotatable bonds is 9. The molecule has 0 spiro atoms. The quantitative estimate of drug-likeness (QED) is 0.217. The Morgan fingerprint density at radius 1 is 1.07 bits per heavy atom. The molecule has 2 aliphatic carbocycles. The highest BCUT2D eigenvalue weighted by atomic mass is 35.5. The third-order valence-corrected chi connectivity index (χ3v) is 11.9. The maximum Gasteiger partial charge on any atom is 0.357 e. The van der Waals surface area contributed by atoms with Crippen molar-refractivity contribution in [3.05, 3.63) is 69.7 Å². The highest BCUT2D eigenvalue weighted by Gasteiger charge is 2.55. The van der Waals surface area contributed by atoms with Crippen molar-refractivity contribution in [2.24, 2.45) is 11.3 Å². The van der Waals surface area contributed by atoms with Crippen molar-refractivity contribution in [1.82, 2.24) is 10.6 Å². The van der Waals surface area contributed by atoms with Crippen molar-refractivity contribution in [3.63, 3.8) is 0 Å². The summed E-state index contributed by atoms with van der Waals surface area (Å²) in [5, 5.41) is 6.73. The maximum absolute atomic E-state index is 14.1. The summed E-state index contributed by atoms with van der Waals surface area (Å²) in [5.74, 6) is -0.354. The number of carbonyl (C=O) groups is 1. The molecular formula is C32H44ClN2O4PS. The molecule has 9 heteroatoms. The Hall–Kier alpha value is -1.76. The number of benzene rings is 2. The van der Waals surface area contributed by atoms with Crippen molar-refractivity contribution in [3.8, 4) is 0 Å². The molecular weight excluding hydrogens is 575 g/mol. The van der Waals surface area contributed by atoms with E-state index in [9.17, 15) is 9.36 Å². The fourth-order valence-corrected chi connectivity index (χ4v) is 9.43. The monoisotopic (exact) mass is 618 g/mol. The zero-order valence-corrected chi connectivity index (χ0v) is 27.6. The van der Waals surface area contributed by atoms with Crippen molar-refractivity contribution >= 4 is 42.4 Å². The molecule has 41 heavy (non-hydrogen) atoms. The zero-order valence-electron chi connectivity index (χ0n) is 25.1. The van der Waals surface area contributed by atoms with E-state index in [1.54, 1.807) is 38.1 Å². The molecule has 0 radical (unpaired) electrons. The van der Waals surface area contributed by atoms with Gasteiger partial charge in [-0.15, -0.1) is 0 Å². The maximum atomic E-state index is 14.1. The number of aryl methyl sites for hydroxylation is 1. The van der Waals surface area contributed by atoms with Crippen LogP contribution in [0.5, 0.6) is 0 Å². The Balaban J connectivity index is 1.58. The Morgan fingerprint density at radius 3 is 2.32 bits per heavy atom. The van der Waals surface area contributed by atoms with Crippen LogP contribution in [0.25, 0.3) is 0 Å². The van der Waals surface area contributed by atoms with Gasteiger partial charge >= 0.3 is 7.60 Å². The van der Waals surface area contributed by atoms with E-state index in [0.29, 0.717) is 16.5 Å². The van der Waals surface area contributed by atoms with Gasteiger partial charge in [-0.25, -0.2) is 0 Å². The van der Waals surface area contributed by atoms with Gasteiger partial charge in [0.2, 0.25) is 5.91 Å². The zero-order chi connectivity index (χ0) is 30.0. The van der Waals surface area contributed by atoms with Crippen molar-refractivity contribution in [2.75, 3.05) is 13.2 Å². The summed E-state index contributed by atoms with van der Waals surface area (Å²) in [6.45, 7) is 12.8. The summed E-state index contributed by atoms with van der Waals surface area (Å²) < 4.78 is 25.2. The molecule has 4 atom stereocenters. The van der Waals surface area contributed by atoms with E-state index in [1.807, 2.05) is 0 Å². The Labute approximate surface area is 255 Å². The van der Waals surface area contributed by atoms with Crippen molar-refractivity contribution in [2.45, 2.75) is 90.8 Å². The molecule has 0 heterocycles. The van der Waals surface area contributed by atoms with Gasteiger partial charge in [-0.05, 0) is 103 Å². The number of carbonyl (C=O) groups excluding carboxylic acids is 1. The topological polar surface area (TPSA) is 76.7 Å². The van der Waals surface area contributed by atoms with Gasteiger partial charge in [-0.3, -0.25) is 9.36 Å². The molecule has 0 aliphatic heterocycles. The summed E-state index contributed by atoms with van der Waals surface area (Å²) in [5.41, 5.74) is 4.11. The summed E-state index contributed by atoms with van der Waals surface area (Å²) in [4.78, 5) is 14.1. The smallest absolute Gasteiger partial charge is 0.345 e. The number of thiocarbonyl (C=S) groups is 1. The first-order valence-electron chi connectivity index (χ1n) is 14.8. The van der Waals surface area contributed by atoms with Crippen LogP contribution in [0.1, 0.15) is 101 Å². The predicted molar refractivity (Wildman–Crippen MR) is 171 cm³/mol. The standard InChI is InChI=1S/C32H44ClN2O4PS/c1-7-38-40(37,39-8-2)28(22-10-14-25(33)15-11-22)34-30(41)35-29(36)32(6)19-9-18-31(5)26-16-12-23(21(3)4)20-24(26)13-17-27(31)32/h10-12,14-16,20-21,27-28H,7-9,13,17-19H2,1-6H3,(H2,34,35,36,41)/t27-,28?,31-,32-/m1/s1. The highest BCUT2D eigenvalue weighted by Crippen LogP contribution is 2.60. The van der Waals surface area contributed by atoms with Crippen LogP contribution in [0, 0.1) is 11.3 Å². The van der Waals surface area contributed by atoms with E-state index in [-0.39, 0.29) is 35.6 Å². The number of hydrogen-bond donors (Lipinski definition) is 2. The van der Waals surface area contributed by atoms with Gasteiger partial charge < -0.3 is 19.7 Å². The Morgan fingerprint density at radius 2 is 1.71 bits per heavy atom. The van der Waals surface area contributed by atoms with E-state index < -0.39 is 18.8 Å². The van der Waals surface area contributed by atoms with Crippen LogP contribution in [0.2, 0.25) is 5.02 Å². The second kappa shape index (κ2) is 12.9. The lowest BCUT2D eigenvalue weighted by Gasteiger charge is -2.54. The second-order valence-electron chi connectivity index (χ2n) is 12.1. The SMILES string of the molecule is CCOP(=O)(OCC)C(NC(=S)NC(=O)[C@]1(C)CCC[C@]2(C)c3ccc(C(C)C)cc3CC[C@@H]12)c1ccc(Cl)cc1. The largest absolute Gasteiger partial charge is 0.357 e. The van der Waals surface area contributed by atoms with E-state index in [0.717, 1.165) is 32.1 Å². The first kappa shape index (κ1) is 32.2. The number of nitrogens with one attached hydrogen (secondary N) is 2. The van der Waals surface area contributed by atoms with Gasteiger partial charge in [0.1, 0.15) is 0 Å². The molecule has 4 rings (SSSR count). The van der Waals surface area contributed by atoms with Crippen LogP contribution in [0.3, 0.4) is 0 Å². The molecule has 2 N–H and O–H groups in total. The average molecular weight is 619 g/mol. The van der Waals surface area contributed by atoms with Gasteiger partial charge in [0, 0.05) is 5.02 Å². The number of amides is 1. The second-order valence-corrected chi connectivity index (χ2v) is 15.1. The molecule has 1 fully saturated rings. The first-order valence-corrected chi connectivity index (χ1v) is 17.2. The molecule has 1 unspecified atom stereocenters. The fourth-order valence-electron chi connectivity index (χ4n) is 7.08. The van der Waals surface area contributed by atoms with E-state index in [4.69, 9.17) is 32.9 Å². The minimum atomic E-state index is -3.69. The van der Waals surface area contributed by atoms with Crippen molar-refractivity contribution in [1.29, 1.82) is 0 Å². The lowest BCUT2D eigenvalue weighted by atomic mass is 9.49. The van der Waals surface area contributed by atoms with Crippen LogP contribution in [-0.4, -0.2) is 24.2 Å². The molecule has 2 aliphatic rings. The Kier molecular flexibility index (Phi) is 10.1. The third-order valence-electron chi connectivity index (χ3n) is 9.18. The summed E-state index contributed by atoms with van der Waals surface area (Å²) >= 11 is 11.8. The summed E-state index contributed by atoms with van der Waals surface area (Å²) in [6.07, 6.45) is 4.72. The normalized spacial score (nSPS) is 24.7. The molecule has 2 aromatic rings. The average Bonchev–Trinajstić information content (AvgIpc) is 2.92. The van der Waals surface area contributed by atoms with E-state index in [2.05, 4.69) is 56.5 Å². The van der Waals surface area contributed by atoms with Gasteiger partial charge in [0.15, 0.2) is 10.9 Å². The molecule has 2 aromatic carbocycles. The molecule has 1 saturated carbocycles. The molecule has 0 aromatic heterocycles. The van der Waals surface area contributed by atoms with Gasteiger partial charge in [0.25, 0.3) is 0 Å². The van der Waals surface area contributed by atoms with E-state index in [1.165, 1.54) is 16.7 Å². The highest BCUT2D eigenvalue weighted by molar-refractivity contribution is 7.80. The first-order chi connectivity index (χ1) is 19.4. The minimum Gasteiger partial charge on any atom is -0.345 e. The number of fused-ring (bicyclic) bond motifs is 3. The van der Waals surface area contributed by atoms with Gasteiger partial charge in [0.05, 0.1) is 18.6 Å². The summed E-state index contributed by atoms with van der Waals surface area (Å²) in [7, 11) is -3.69. The molecule has 6 nitrogen and oxygen atoms in total.